The van der Waals surface area contributed by atoms with Crippen molar-refractivity contribution in [2.24, 2.45) is 17.8 Å². The molecule has 0 heterocycles. The van der Waals surface area contributed by atoms with Crippen LogP contribution in [-0.4, -0.2) is 18.8 Å². The van der Waals surface area contributed by atoms with Crippen molar-refractivity contribution < 1.29 is 14.3 Å². The van der Waals surface area contributed by atoms with Crippen molar-refractivity contribution in [2.45, 2.75) is 32.1 Å². The molecule has 2 saturated carbocycles. The van der Waals surface area contributed by atoms with Gasteiger partial charge in [0, 0.05) is 23.4 Å². The van der Waals surface area contributed by atoms with Crippen LogP contribution >= 0.6 is 11.6 Å². The summed E-state index contributed by atoms with van der Waals surface area (Å²) >= 11 is 6.07. The van der Waals surface area contributed by atoms with Gasteiger partial charge in [-0.25, -0.2) is 0 Å². The van der Waals surface area contributed by atoms with E-state index in [9.17, 15) is 9.59 Å². The van der Waals surface area contributed by atoms with Gasteiger partial charge in [0.25, 0.3) is 0 Å². The van der Waals surface area contributed by atoms with Crippen molar-refractivity contribution in [3.8, 4) is 5.75 Å². The Morgan fingerprint density at radius 2 is 1.95 bits per heavy atom. The molecule has 3 rings (SSSR count). The Balaban J connectivity index is 1.67. The van der Waals surface area contributed by atoms with Crippen LogP contribution in [0.1, 0.15) is 32.1 Å². The summed E-state index contributed by atoms with van der Waals surface area (Å²) in [4.78, 5) is 24.6. The summed E-state index contributed by atoms with van der Waals surface area (Å²) < 4.78 is 5.10. The molecule has 5 heteroatoms. The van der Waals surface area contributed by atoms with Gasteiger partial charge in [0.05, 0.1) is 12.1 Å². The molecule has 4 nitrogen and oxygen atoms in total. The van der Waals surface area contributed by atoms with Crippen LogP contribution in [0.5, 0.6) is 5.75 Å². The first kappa shape index (κ1) is 15.3. The van der Waals surface area contributed by atoms with Crippen LogP contribution in [0.2, 0.25) is 5.02 Å². The predicted octanol–water partition coefficient (Wildman–Crippen LogP) is 3.68. The Morgan fingerprint density at radius 1 is 1.27 bits per heavy atom. The van der Waals surface area contributed by atoms with Gasteiger partial charge in [0.15, 0.2) is 0 Å². The van der Waals surface area contributed by atoms with Crippen LogP contribution in [0.3, 0.4) is 0 Å². The molecule has 2 aliphatic rings. The molecule has 0 aliphatic heterocycles. The Morgan fingerprint density at radius 3 is 2.55 bits per heavy atom. The summed E-state index contributed by atoms with van der Waals surface area (Å²) in [6.45, 7) is 0. The van der Waals surface area contributed by atoms with E-state index in [1.54, 1.807) is 25.3 Å². The van der Waals surface area contributed by atoms with Crippen molar-refractivity contribution in [1.29, 1.82) is 0 Å². The number of hydrogen-bond donors (Lipinski definition) is 1. The number of anilines is 1. The minimum Gasteiger partial charge on any atom is -0.495 e. The highest BCUT2D eigenvalue weighted by molar-refractivity contribution is 6.32. The minimum atomic E-state index is -0.0751. The summed E-state index contributed by atoms with van der Waals surface area (Å²) in [5, 5.41) is 3.39. The number of ketones is 1. The van der Waals surface area contributed by atoms with Crippen LogP contribution in [0.25, 0.3) is 0 Å². The van der Waals surface area contributed by atoms with Crippen LogP contribution in [0.4, 0.5) is 5.69 Å². The number of carbonyl (C=O) groups is 2. The number of halogens is 1. The van der Waals surface area contributed by atoms with E-state index in [0.717, 1.165) is 19.3 Å². The fourth-order valence-corrected chi connectivity index (χ4v) is 3.94. The molecule has 2 fully saturated rings. The highest BCUT2D eigenvalue weighted by Crippen LogP contribution is 2.40. The number of rotatable bonds is 3. The van der Waals surface area contributed by atoms with Crippen molar-refractivity contribution in [1.82, 2.24) is 0 Å². The zero-order chi connectivity index (χ0) is 15.7. The number of Topliss-reactive ketones (excluding diaryl/α,β-unsaturated/α-hetero) is 1. The highest BCUT2D eigenvalue weighted by Gasteiger charge is 2.41. The van der Waals surface area contributed by atoms with Gasteiger partial charge < -0.3 is 10.1 Å². The Kier molecular flexibility index (Phi) is 4.39. The maximum absolute atomic E-state index is 12.5. The smallest absolute Gasteiger partial charge is 0.227 e. The molecule has 0 spiro atoms. The lowest BCUT2D eigenvalue weighted by Crippen LogP contribution is -2.40. The van der Waals surface area contributed by atoms with E-state index in [-0.39, 0.29) is 23.7 Å². The molecule has 1 amide bonds. The molecule has 1 N–H and O–H groups in total. The molecule has 2 bridgehead atoms. The largest absolute Gasteiger partial charge is 0.495 e. The first-order chi connectivity index (χ1) is 10.6. The molecule has 22 heavy (non-hydrogen) atoms. The lowest BCUT2D eigenvalue weighted by atomic mass is 9.67. The maximum Gasteiger partial charge on any atom is 0.227 e. The van der Waals surface area contributed by atoms with E-state index < -0.39 is 0 Å². The van der Waals surface area contributed by atoms with Gasteiger partial charge >= 0.3 is 0 Å². The molecule has 0 radical (unpaired) electrons. The molecule has 0 unspecified atom stereocenters. The summed E-state index contributed by atoms with van der Waals surface area (Å²) in [6, 6.07) is 5.20. The zero-order valence-corrected chi connectivity index (χ0v) is 13.4. The third-order valence-corrected chi connectivity index (χ3v) is 5.13. The Bertz CT molecular complexity index is 586. The normalized spacial score (nSPS) is 27.4. The molecule has 1 aromatic rings. The Labute approximate surface area is 135 Å². The molecular formula is C17H20ClNO3. The van der Waals surface area contributed by atoms with Gasteiger partial charge in [-0.15, -0.1) is 0 Å². The maximum atomic E-state index is 12.5. The van der Waals surface area contributed by atoms with Gasteiger partial charge in [0.2, 0.25) is 5.91 Å². The molecular weight excluding hydrogens is 302 g/mol. The number of hydrogen-bond acceptors (Lipinski definition) is 3. The topological polar surface area (TPSA) is 55.4 Å². The third-order valence-electron chi connectivity index (χ3n) is 4.84. The van der Waals surface area contributed by atoms with Crippen molar-refractivity contribution >= 4 is 29.0 Å². The summed E-state index contributed by atoms with van der Waals surface area (Å²) in [6.07, 6.45) is 4.36. The van der Waals surface area contributed by atoms with E-state index in [1.165, 1.54) is 0 Å². The number of methoxy groups -OCH3 is 1. The number of benzene rings is 1. The first-order valence-electron chi connectivity index (χ1n) is 7.76. The predicted molar refractivity (Wildman–Crippen MR) is 85.2 cm³/mol. The van der Waals surface area contributed by atoms with Gasteiger partial charge in [-0.05, 0) is 43.9 Å². The average molecular weight is 322 g/mol. The molecule has 1 aromatic carbocycles. The van der Waals surface area contributed by atoms with E-state index in [2.05, 4.69) is 5.32 Å². The second-order valence-corrected chi connectivity index (χ2v) is 6.64. The minimum absolute atomic E-state index is 0.00867. The second kappa shape index (κ2) is 6.29. The molecule has 2 aliphatic carbocycles. The van der Waals surface area contributed by atoms with Gasteiger partial charge in [-0.2, -0.15) is 0 Å². The summed E-state index contributed by atoms with van der Waals surface area (Å²) in [7, 11) is 1.55. The zero-order valence-electron chi connectivity index (χ0n) is 12.6. The number of fused-ring (bicyclic) bond motifs is 2. The fraction of sp³-hybridized carbons (Fsp3) is 0.529. The van der Waals surface area contributed by atoms with Gasteiger partial charge in [-0.1, -0.05) is 18.0 Å². The number of carbonyl (C=O) groups excluding carboxylic acids is 2. The number of ether oxygens (including phenoxy) is 1. The van der Waals surface area contributed by atoms with Crippen LogP contribution in [0, 0.1) is 17.8 Å². The lowest BCUT2D eigenvalue weighted by molar-refractivity contribution is -0.136. The van der Waals surface area contributed by atoms with Crippen molar-refractivity contribution in [3.05, 3.63) is 23.2 Å². The van der Waals surface area contributed by atoms with Crippen LogP contribution in [-0.2, 0) is 9.59 Å². The van der Waals surface area contributed by atoms with E-state index in [1.807, 2.05) is 0 Å². The first-order valence-corrected chi connectivity index (χ1v) is 8.14. The quantitative estimate of drug-likeness (QED) is 0.924. The number of amides is 1. The lowest BCUT2D eigenvalue weighted by Gasteiger charge is -2.36. The molecule has 0 aromatic heterocycles. The van der Waals surface area contributed by atoms with Gasteiger partial charge in [0.1, 0.15) is 11.5 Å². The van der Waals surface area contributed by atoms with Crippen LogP contribution < -0.4 is 10.1 Å². The fourth-order valence-electron chi connectivity index (χ4n) is 3.68. The number of nitrogens with one attached hydrogen (secondary N) is 1. The summed E-state index contributed by atoms with van der Waals surface area (Å²) in [5.74, 6) is 1.05. The van der Waals surface area contributed by atoms with E-state index >= 15 is 0 Å². The van der Waals surface area contributed by atoms with Crippen LogP contribution in [0.15, 0.2) is 18.2 Å². The third kappa shape index (κ3) is 2.98. The van der Waals surface area contributed by atoms with E-state index in [0.29, 0.717) is 35.1 Å². The molecule has 118 valence electrons. The second-order valence-electron chi connectivity index (χ2n) is 6.23. The van der Waals surface area contributed by atoms with E-state index in [4.69, 9.17) is 16.3 Å². The monoisotopic (exact) mass is 321 g/mol. The van der Waals surface area contributed by atoms with Crippen molar-refractivity contribution in [2.75, 3.05) is 12.4 Å². The molecule has 0 saturated heterocycles. The van der Waals surface area contributed by atoms with Gasteiger partial charge in [-0.3, -0.25) is 9.59 Å². The molecule has 2 atom stereocenters. The summed E-state index contributed by atoms with van der Waals surface area (Å²) in [5.41, 5.74) is 0.665. The van der Waals surface area contributed by atoms with Crippen molar-refractivity contribution in [3.63, 3.8) is 0 Å². The SMILES string of the molecule is COc1ccc(NC(=O)C2C[C@H]3CCC[C@H](C2)C3=O)cc1Cl. The highest BCUT2D eigenvalue weighted by atomic mass is 35.5. The average Bonchev–Trinajstić information content (AvgIpc) is 2.47. The Hall–Kier alpha value is -1.55. The standard InChI is InChI=1S/C17H20ClNO3/c1-22-15-6-5-13(9-14(15)18)19-17(21)12-7-10-3-2-4-11(8-12)16(10)20/h5-6,9-12H,2-4,7-8H2,1H3,(H,19,21)/t10-,11-/m1/s1.